The third kappa shape index (κ3) is 5.83. The Morgan fingerprint density at radius 3 is 1.42 bits per heavy atom. The van der Waals surface area contributed by atoms with E-state index in [-0.39, 0.29) is 0 Å². The number of rotatable bonds is 6. The number of hydrogen-bond donors (Lipinski definition) is 0. The van der Waals surface area contributed by atoms with Gasteiger partial charge in [-0.2, -0.15) is 0 Å². The summed E-state index contributed by atoms with van der Waals surface area (Å²) in [5, 5.41) is 5.35. The smallest absolute Gasteiger partial charge is 0.160 e. The molecule has 8 aromatic carbocycles. The summed E-state index contributed by atoms with van der Waals surface area (Å²) in [5.41, 5.74) is 13.9. The normalized spacial score (nSPS) is 11.5. The quantitative estimate of drug-likeness (QED) is 0.160. The van der Waals surface area contributed by atoms with Crippen molar-refractivity contribution in [3.63, 3.8) is 0 Å². The van der Waals surface area contributed by atoms with Crippen molar-refractivity contribution < 1.29 is 4.42 Å². The average molecular weight is 728 g/mol. The molecule has 3 aromatic heterocycles. The van der Waals surface area contributed by atoms with Crippen molar-refractivity contribution in [2.45, 2.75) is 0 Å². The van der Waals surface area contributed by atoms with Gasteiger partial charge in [-0.25, -0.2) is 15.0 Å². The molecule has 0 aliphatic carbocycles. The van der Waals surface area contributed by atoms with E-state index in [1.165, 1.54) is 11.1 Å². The standard InChI is InChI=1S/C53H33N3O/c1-4-12-34(13-5-1)36-20-24-38(25-21-36)46-33-47(39-26-22-37(23-27-39)35-14-6-2-7-15-35)56-53(55-46)41-28-30-45-44(32-41)50-43(52(54-45)40-16-8-3-9-17-40)29-31-49-51(50)42-18-10-11-19-48(42)57-49/h1-33H. The lowest BCUT2D eigenvalue weighted by Gasteiger charge is -2.13. The monoisotopic (exact) mass is 727 g/mol. The molecule has 11 aromatic rings. The Kier molecular flexibility index (Phi) is 7.78. The minimum atomic E-state index is 0.646. The highest BCUT2D eigenvalue weighted by molar-refractivity contribution is 6.28. The number of hydrogen-bond acceptors (Lipinski definition) is 4. The zero-order valence-corrected chi connectivity index (χ0v) is 30.8. The lowest BCUT2D eigenvalue weighted by Crippen LogP contribution is -1.97. The molecule has 0 aliphatic rings. The minimum absolute atomic E-state index is 0.646. The number of furan rings is 1. The van der Waals surface area contributed by atoms with Crippen LogP contribution in [0.25, 0.3) is 111 Å². The van der Waals surface area contributed by atoms with Gasteiger partial charge in [-0.05, 0) is 64.7 Å². The predicted molar refractivity (Wildman–Crippen MR) is 235 cm³/mol. The van der Waals surface area contributed by atoms with E-state index in [0.717, 1.165) is 94.1 Å². The van der Waals surface area contributed by atoms with Crippen LogP contribution in [0.2, 0.25) is 0 Å². The molecule has 266 valence electrons. The van der Waals surface area contributed by atoms with Crippen molar-refractivity contribution in [1.82, 2.24) is 15.0 Å². The average Bonchev–Trinajstić information content (AvgIpc) is 3.68. The number of benzene rings is 8. The van der Waals surface area contributed by atoms with E-state index in [2.05, 4.69) is 170 Å². The summed E-state index contributed by atoms with van der Waals surface area (Å²) in [6, 6.07) is 69.6. The second kappa shape index (κ2) is 13.6. The molecule has 4 heteroatoms. The molecule has 11 rings (SSSR count). The van der Waals surface area contributed by atoms with Crippen LogP contribution in [0.3, 0.4) is 0 Å². The molecule has 0 saturated heterocycles. The molecule has 57 heavy (non-hydrogen) atoms. The first-order valence-corrected chi connectivity index (χ1v) is 19.2. The fourth-order valence-corrected chi connectivity index (χ4v) is 8.06. The van der Waals surface area contributed by atoms with Crippen LogP contribution in [0.15, 0.2) is 205 Å². The largest absolute Gasteiger partial charge is 0.456 e. The van der Waals surface area contributed by atoms with Crippen molar-refractivity contribution in [2.75, 3.05) is 0 Å². The zero-order chi connectivity index (χ0) is 37.7. The van der Waals surface area contributed by atoms with Gasteiger partial charge in [0.05, 0.1) is 22.6 Å². The SMILES string of the molecule is c1ccc(-c2ccc(-c3cc(-c4ccc(-c5ccccc5)cc4)nc(-c4ccc5nc(-c6ccccc6)c6ccc7oc8ccccc8c7c6c5c4)n3)cc2)cc1. The summed E-state index contributed by atoms with van der Waals surface area (Å²) in [7, 11) is 0. The van der Waals surface area contributed by atoms with Gasteiger partial charge in [-0.1, -0.05) is 158 Å². The van der Waals surface area contributed by atoms with Crippen LogP contribution in [0.1, 0.15) is 0 Å². The number of fused-ring (bicyclic) bond motifs is 7. The molecule has 0 radical (unpaired) electrons. The summed E-state index contributed by atoms with van der Waals surface area (Å²) >= 11 is 0. The first kappa shape index (κ1) is 32.7. The van der Waals surface area contributed by atoms with Gasteiger partial charge >= 0.3 is 0 Å². The van der Waals surface area contributed by atoms with Gasteiger partial charge in [0.1, 0.15) is 11.2 Å². The van der Waals surface area contributed by atoms with E-state index in [1.54, 1.807) is 0 Å². The maximum atomic E-state index is 6.43. The Morgan fingerprint density at radius 1 is 0.298 bits per heavy atom. The summed E-state index contributed by atoms with van der Waals surface area (Å²) in [5.74, 6) is 0.646. The van der Waals surface area contributed by atoms with E-state index in [4.69, 9.17) is 19.4 Å². The lowest BCUT2D eigenvalue weighted by molar-refractivity contribution is 0.669. The van der Waals surface area contributed by atoms with E-state index >= 15 is 0 Å². The summed E-state index contributed by atoms with van der Waals surface area (Å²) in [6.07, 6.45) is 0. The first-order chi connectivity index (χ1) is 28.2. The Labute approximate surface area is 329 Å². The number of nitrogens with zero attached hydrogens (tertiary/aromatic N) is 3. The van der Waals surface area contributed by atoms with Crippen molar-refractivity contribution >= 4 is 43.6 Å². The predicted octanol–water partition coefficient (Wildman–Crippen LogP) is 14.1. The topological polar surface area (TPSA) is 51.8 Å². The molecule has 0 unspecified atom stereocenters. The zero-order valence-electron chi connectivity index (χ0n) is 30.8. The fourth-order valence-electron chi connectivity index (χ4n) is 8.06. The fraction of sp³-hybridized carbons (Fsp3) is 0. The number of pyridine rings is 1. The van der Waals surface area contributed by atoms with Crippen LogP contribution < -0.4 is 0 Å². The van der Waals surface area contributed by atoms with Gasteiger partial charge in [0.15, 0.2) is 5.82 Å². The third-order valence-electron chi connectivity index (χ3n) is 10.9. The second-order valence-electron chi connectivity index (χ2n) is 14.4. The molecule has 0 amide bonds. The van der Waals surface area contributed by atoms with Crippen molar-refractivity contribution in [3.05, 3.63) is 200 Å². The van der Waals surface area contributed by atoms with E-state index in [0.29, 0.717) is 5.82 Å². The summed E-state index contributed by atoms with van der Waals surface area (Å²) in [4.78, 5) is 15.8. The maximum absolute atomic E-state index is 6.43. The molecule has 0 aliphatic heterocycles. The Morgan fingerprint density at radius 2 is 0.807 bits per heavy atom. The van der Waals surface area contributed by atoms with Crippen molar-refractivity contribution in [3.8, 4) is 67.4 Å². The number of para-hydroxylation sites is 1. The minimum Gasteiger partial charge on any atom is -0.456 e. The van der Waals surface area contributed by atoms with Crippen LogP contribution >= 0.6 is 0 Å². The molecule has 0 spiro atoms. The Bertz CT molecular complexity index is 3150. The summed E-state index contributed by atoms with van der Waals surface area (Å²) in [6.45, 7) is 0. The van der Waals surface area contributed by atoms with Crippen LogP contribution in [0.5, 0.6) is 0 Å². The molecule has 4 nitrogen and oxygen atoms in total. The van der Waals surface area contributed by atoms with Crippen LogP contribution in [-0.2, 0) is 0 Å². The highest BCUT2D eigenvalue weighted by atomic mass is 16.3. The van der Waals surface area contributed by atoms with Gasteiger partial charge in [0.25, 0.3) is 0 Å². The van der Waals surface area contributed by atoms with Gasteiger partial charge in [-0.3, -0.25) is 0 Å². The molecule has 0 saturated carbocycles. The Balaban J connectivity index is 1.12. The van der Waals surface area contributed by atoms with Crippen LogP contribution in [0.4, 0.5) is 0 Å². The second-order valence-corrected chi connectivity index (χ2v) is 14.4. The van der Waals surface area contributed by atoms with Crippen LogP contribution in [-0.4, -0.2) is 15.0 Å². The highest BCUT2D eigenvalue weighted by Crippen LogP contribution is 2.42. The molecule has 0 fully saturated rings. The third-order valence-corrected chi connectivity index (χ3v) is 10.9. The molecule has 0 N–H and O–H groups in total. The number of aromatic nitrogens is 3. The molecule has 0 bridgehead atoms. The lowest BCUT2D eigenvalue weighted by atomic mass is 9.95. The van der Waals surface area contributed by atoms with Gasteiger partial charge in [-0.15, -0.1) is 0 Å². The van der Waals surface area contributed by atoms with Crippen LogP contribution in [0, 0.1) is 0 Å². The summed E-state index contributed by atoms with van der Waals surface area (Å²) < 4.78 is 6.43. The molecule has 0 atom stereocenters. The highest BCUT2D eigenvalue weighted by Gasteiger charge is 2.19. The Hall–Kier alpha value is -7.69. The van der Waals surface area contributed by atoms with Crippen molar-refractivity contribution in [2.24, 2.45) is 0 Å². The van der Waals surface area contributed by atoms with Gasteiger partial charge in [0, 0.05) is 49.2 Å². The van der Waals surface area contributed by atoms with E-state index in [1.807, 2.05) is 30.3 Å². The maximum Gasteiger partial charge on any atom is 0.160 e. The molecular formula is C53H33N3O. The van der Waals surface area contributed by atoms with Gasteiger partial charge < -0.3 is 4.42 Å². The van der Waals surface area contributed by atoms with E-state index < -0.39 is 0 Å². The first-order valence-electron chi connectivity index (χ1n) is 19.2. The van der Waals surface area contributed by atoms with E-state index in [9.17, 15) is 0 Å². The molecular weight excluding hydrogens is 695 g/mol. The molecule has 3 heterocycles. The van der Waals surface area contributed by atoms with Crippen molar-refractivity contribution in [1.29, 1.82) is 0 Å². The van der Waals surface area contributed by atoms with Gasteiger partial charge in [0.2, 0.25) is 0 Å².